The van der Waals surface area contributed by atoms with Gasteiger partial charge in [0.2, 0.25) is 5.95 Å². The Bertz CT molecular complexity index is 1540. The highest BCUT2D eigenvalue weighted by molar-refractivity contribution is 7.54. The van der Waals surface area contributed by atoms with Gasteiger partial charge < -0.3 is 29.9 Å². The van der Waals surface area contributed by atoms with Crippen LogP contribution in [-0.4, -0.2) is 79.0 Å². The van der Waals surface area contributed by atoms with Gasteiger partial charge >= 0.3 is 13.6 Å². The van der Waals surface area contributed by atoms with Gasteiger partial charge in [-0.05, 0) is 26.0 Å². The van der Waals surface area contributed by atoms with E-state index in [-0.39, 0.29) is 22.9 Å². The molecule has 218 valence electrons. The van der Waals surface area contributed by atoms with E-state index < -0.39 is 74.6 Å². The lowest BCUT2D eigenvalue weighted by Gasteiger charge is -2.28. The van der Waals surface area contributed by atoms with Crippen molar-refractivity contribution in [3.05, 3.63) is 47.0 Å². The number of ether oxygens (including phenoxy) is 2. The van der Waals surface area contributed by atoms with Gasteiger partial charge in [-0.3, -0.25) is 23.7 Å². The van der Waals surface area contributed by atoms with Crippen LogP contribution >= 0.6 is 7.60 Å². The number of anilines is 1. The van der Waals surface area contributed by atoms with Crippen molar-refractivity contribution in [1.82, 2.24) is 19.5 Å². The maximum Gasteiger partial charge on any atom is 0.380 e. The van der Waals surface area contributed by atoms with Crippen LogP contribution in [0.15, 0.2) is 41.5 Å². The van der Waals surface area contributed by atoms with Crippen molar-refractivity contribution < 1.29 is 45.2 Å². The topological polar surface area (TPSA) is 201 Å². The fourth-order valence-corrected chi connectivity index (χ4v) is 5.74. The summed E-state index contributed by atoms with van der Waals surface area (Å²) < 4.78 is 68.1. The van der Waals surface area contributed by atoms with Gasteiger partial charge in [0.1, 0.15) is 24.6 Å². The molecule has 6 atom stereocenters. The molecule has 1 unspecified atom stereocenters. The minimum atomic E-state index is -4.61. The Morgan fingerprint density at radius 2 is 2.08 bits per heavy atom. The van der Waals surface area contributed by atoms with E-state index in [1.165, 1.54) is 19.1 Å². The number of nitrogens with zero attached hydrogens (tertiary/aromatic N) is 3. The van der Waals surface area contributed by atoms with Gasteiger partial charge in [0.15, 0.2) is 23.0 Å². The molecule has 1 fully saturated rings. The number of nitrogens with one attached hydrogen (secondary N) is 1. The number of aliphatic hydroxyl groups is 2. The summed E-state index contributed by atoms with van der Waals surface area (Å²) in [5.41, 5.74) is 1.53. The molecule has 0 saturated carbocycles. The monoisotopic (exact) mass is 585 g/mol. The van der Waals surface area contributed by atoms with Crippen molar-refractivity contribution in [3.8, 4) is 5.75 Å². The van der Waals surface area contributed by atoms with Crippen molar-refractivity contribution in [2.24, 2.45) is 5.92 Å². The summed E-state index contributed by atoms with van der Waals surface area (Å²) in [6.07, 6.45) is -6.55. The second-order valence-corrected chi connectivity index (χ2v) is 11.5. The summed E-state index contributed by atoms with van der Waals surface area (Å²) in [5.74, 6) is -2.15. The predicted molar refractivity (Wildman–Crippen MR) is 139 cm³/mol. The molecule has 16 heteroatoms. The molecule has 14 nitrogen and oxygen atoms in total. The molecule has 1 aromatic carbocycles. The van der Waals surface area contributed by atoms with Crippen LogP contribution in [0.5, 0.6) is 5.75 Å². The number of fused-ring (bicyclic) bond motifs is 1. The third-order valence-corrected chi connectivity index (χ3v) is 7.83. The van der Waals surface area contributed by atoms with E-state index in [0.29, 0.717) is 0 Å². The molecule has 1 aliphatic rings. The number of aromatic nitrogens is 4. The average molecular weight is 586 g/mol. The molecule has 4 rings (SSSR count). The summed E-state index contributed by atoms with van der Waals surface area (Å²) in [5, 5.41) is 22.1. The van der Waals surface area contributed by atoms with Gasteiger partial charge in [-0.15, -0.1) is 0 Å². The molecule has 1 aliphatic heterocycles. The number of imidazole rings is 1. The number of aromatic amines is 1. The van der Waals surface area contributed by atoms with Crippen LogP contribution in [0.1, 0.15) is 29.7 Å². The number of esters is 1. The highest BCUT2D eigenvalue weighted by Crippen LogP contribution is 2.51. The van der Waals surface area contributed by atoms with E-state index in [1.807, 2.05) is 0 Å². The Morgan fingerprint density at radius 1 is 1.38 bits per heavy atom. The van der Waals surface area contributed by atoms with Crippen LogP contribution in [-0.2, 0) is 23.4 Å². The van der Waals surface area contributed by atoms with Crippen molar-refractivity contribution in [3.63, 3.8) is 0 Å². The Morgan fingerprint density at radius 3 is 2.73 bits per heavy atom. The van der Waals surface area contributed by atoms with E-state index in [1.54, 1.807) is 32.0 Å². The summed E-state index contributed by atoms with van der Waals surface area (Å²) in [7, 11) is -4.61. The first-order valence-electron chi connectivity index (χ1n) is 13.2. The molecule has 3 heterocycles. The lowest BCUT2D eigenvalue weighted by molar-refractivity contribution is -0.151. The van der Waals surface area contributed by atoms with E-state index in [4.69, 9.17) is 27.0 Å². The summed E-state index contributed by atoms with van der Waals surface area (Å²) in [6.45, 7) is -0.257. The molecule has 0 radical (unpaired) electrons. The van der Waals surface area contributed by atoms with Crippen LogP contribution < -0.4 is 15.8 Å². The Kier molecular flexibility index (Phi) is 7.80. The molecule has 40 heavy (non-hydrogen) atoms. The zero-order valence-corrected chi connectivity index (χ0v) is 22.7. The number of hydrogen-bond acceptors (Lipinski definition) is 12. The fourth-order valence-electron chi connectivity index (χ4n) is 4.02. The number of carbonyl (C=O) groups is 1. The third-order valence-electron chi connectivity index (χ3n) is 5.97. The van der Waals surface area contributed by atoms with Gasteiger partial charge in [0, 0.05) is 0 Å². The summed E-state index contributed by atoms with van der Waals surface area (Å²) in [6, 6.07) is 7.61. The van der Waals surface area contributed by atoms with E-state index in [2.05, 4.69) is 15.0 Å². The Hall–Kier alpha value is -3.36. The molecular formula is C24H31FN5O9P. The van der Waals surface area contributed by atoms with E-state index in [9.17, 15) is 28.8 Å². The molecule has 0 spiro atoms. The second-order valence-electron chi connectivity index (χ2n) is 9.55. The first kappa shape index (κ1) is 26.8. The molecule has 0 bridgehead atoms. The van der Waals surface area contributed by atoms with Gasteiger partial charge in [0.25, 0.3) is 5.56 Å². The molecule has 1 saturated heterocycles. The van der Waals surface area contributed by atoms with Gasteiger partial charge in [-0.25, -0.2) is 13.9 Å². The highest BCUT2D eigenvalue weighted by Gasteiger charge is 2.57. The average Bonchev–Trinajstić information content (AvgIpc) is 3.42. The first-order chi connectivity index (χ1) is 19.6. The Labute approximate surface area is 230 Å². The molecule has 0 amide bonds. The van der Waals surface area contributed by atoms with Crippen LogP contribution in [0.2, 0.25) is 0 Å². The molecule has 0 aliphatic carbocycles. The number of para-hydroxylation sites is 1. The van der Waals surface area contributed by atoms with Gasteiger partial charge in [-0.2, -0.15) is 4.98 Å². The standard InChI is InChI=1S/C24H31FN5O9P/c1-13(2)37-21(33)14(3)10-40(35,39-15-7-5-4-6-8-15)36-9-16-18(31)24(34,11-25)22(38-16)30-12-27-17-19(30)28-23(26)29-20(17)32/h4-8,12-14,16,18,22,31,34H,9-11H2,1-3H3,(H3,26,28,29,32)/t14-,16-,18+,22-,24?,40+/m1/s1/i9D2. The second kappa shape index (κ2) is 11.6. The van der Waals surface area contributed by atoms with Crippen LogP contribution in [0.4, 0.5) is 10.3 Å². The third kappa shape index (κ3) is 6.03. The smallest absolute Gasteiger partial charge is 0.380 e. The number of rotatable bonds is 11. The first-order valence-corrected chi connectivity index (χ1v) is 13.9. The molecule has 5 N–H and O–H groups in total. The van der Waals surface area contributed by atoms with Gasteiger partial charge in [0.05, 0.1) is 33.8 Å². The molecule has 3 aromatic rings. The number of halogens is 1. The van der Waals surface area contributed by atoms with Crippen molar-refractivity contribution in [2.75, 3.05) is 25.1 Å². The number of aliphatic hydroxyl groups excluding tert-OH is 1. The quantitative estimate of drug-likeness (QED) is 0.187. The minimum absolute atomic E-state index is 0.0193. The van der Waals surface area contributed by atoms with Crippen molar-refractivity contribution in [2.45, 2.75) is 50.9 Å². The lowest BCUT2D eigenvalue weighted by Crippen LogP contribution is -2.49. The van der Waals surface area contributed by atoms with Crippen LogP contribution in [0.25, 0.3) is 11.2 Å². The highest BCUT2D eigenvalue weighted by atomic mass is 31.2. The number of carbonyl (C=O) groups excluding carboxylic acids is 1. The number of nitrogens with two attached hydrogens (primary N) is 1. The maximum atomic E-state index is 14.4. The van der Waals surface area contributed by atoms with Crippen LogP contribution in [0.3, 0.4) is 0 Å². The Balaban J connectivity index is 1.68. The minimum Gasteiger partial charge on any atom is -0.463 e. The number of hydrogen-bond donors (Lipinski definition) is 4. The fraction of sp³-hybridized carbons (Fsp3) is 0.500. The van der Waals surface area contributed by atoms with Crippen molar-refractivity contribution >= 4 is 30.7 Å². The summed E-state index contributed by atoms with van der Waals surface area (Å²) in [4.78, 5) is 34.7. The zero-order valence-electron chi connectivity index (χ0n) is 23.8. The largest absolute Gasteiger partial charge is 0.463 e. The SMILES string of the molecule is [2H]C([2H])(O[P@@](=O)(C[C@@H](C)C(=O)OC(C)C)Oc1ccccc1)[C@H]1O[C@@H](n2cnc3c(=O)[nH]c(N)nc32)C(O)(CF)[C@H]1O. The summed E-state index contributed by atoms with van der Waals surface area (Å²) >= 11 is 0. The number of benzene rings is 1. The zero-order chi connectivity index (χ0) is 31.0. The van der Waals surface area contributed by atoms with E-state index >= 15 is 0 Å². The predicted octanol–water partition coefficient (Wildman–Crippen LogP) is 1.54. The maximum absolute atomic E-state index is 14.4. The number of nitrogen functional groups attached to an aromatic ring is 1. The normalized spacial score (nSPS) is 26.2. The lowest BCUT2D eigenvalue weighted by atomic mass is 9.95. The number of alkyl halides is 1. The molecular weight excluding hydrogens is 552 g/mol. The van der Waals surface area contributed by atoms with Crippen molar-refractivity contribution in [1.29, 1.82) is 0 Å². The van der Waals surface area contributed by atoms with Gasteiger partial charge in [-0.1, -0.05) is 25.1 Å². The molecule has 2 aromatic heterocycles. The van der Waals surface area contributed by atoms with E-state index in [0.717, 1.165) is 10.9 Å². The number of H-pyrrole nitrogens is 1. The van der Waals surface area contributed by atoms with Crippen LogP contribution in [0, 0.1) is 5.92 Å².